The van der Waals surface area contributed by atoms with E-state index in [1.807, 2.05) is 0 Å². The van der Waals surface area contributed by atoms with Crippen molar-refractivity contribution in [2.75, 3.05) is 11.9 Å². The van der Waals surface area contributed by atoms with Crippen molar-refractivity contribution in [3.63, 3.8) is 0 Å². The normalized spacial score (nSPS) is 13.2. The summed E-state index contributed by atoms with van der Waals surface area (Å²) < 4.78 is 2.05. The second kappa shape index (κ2) is 5.04. The van der Waals surface area contributed by atoms with E-state index in [4.69, 9.17) is 5.10 Å². The van der Waals surface area contributed by atoms with Crippen molar-refractivity contribution in [2.45, 2.75) is 19.8 Å². The Morgan fingerprint density at radius 2 is 2.10 bits per heavy atom. The molecule has 3 nitrogen and oxygen atoms in total. The first kappa shape index (κ1) is 12.7. The summed E-state index contributed by atoms with van der Waals surface area (Å²) in [4.78, 5) is 0. The van der Waals surface area contributed by atoms with Crippen molar-refractivity contribution in [3.05, 3.63) is 52.2 Å². The van der Waals surface area contributed by atoms with Gasteiger partial charge in [-0.25, -0.2) is 4.68 Å². The van der Waals surface area contributed by atoms with Gasteiger partial charge in [0.1, 0.15) is 5.82 Å². The van der Waals surface area contributed by atoms with Crippen LogP contribution in [0.15, 0.2) is 41.1 Å². The smallest absolute Gasteiger partial charge is 0.133 e. The zero-order valence-corrected chi connectivity index (χ0v) is 12.8. The van der Waals surface area contributed by atoms with Gasteiger partial charge in [0.25, 0.3) is 0 Å². The van der Waals surface area contributed by atoms with Crippen molar-refractivity contribution in [2.24, 2.45) is 0 Å². The van der Waals surface area contributed by atoms with E-state index in [1.54, 1.807) is 11.3 Å². The molecule has 0 saturated heterocycles. The number of benzene rings is 1. The lowest BCUT2D eigenvalue weighted by molar-refractivity contribution is 0.881. The minimum Gasteiger partial charge on any atom is -0.369 e. The average Bonchev–Trinajstić information content (AvgIpc) is 3.24. The molecule has 21 heavy (non-hydrogen) atoms. The fourth-order valence-electron chi connectivity index (χ4n) is 2.87. The van der Waals surface area contributed by atoms with E-state index in [0.717, 1.165) is 36.6 Å². The lowest BCUT2D eigenvalue weighted by Gasteiger charge is -2.07. The first-order valence-corrected chi connectivity index (χ1v) is 8.28. The molecule has 0 bridgehead atoms. The molecular weight excluding hydrogens is 278 g/mol. The van der Waals surface area contributed by atoms with Crippen molar-refractivity contribution in [1.82, 2.24) is 9.78 Å². The number of hydrogen-bond acceptors (Lipinski definition) is 3. The van der Waals surface area contributed by atoms with E-state index >= 15 is 0 Å². The summed E-state index contributed by atoms with van der Waals surface area (Å²) in [6.07, 6.45) is 2.11. The average molecular weight is 295 g/mol. The SMILES string of the molecule is CCc1ccc(-n2nc(-c3ccsc3)c3c2NCC3)cc1. The predicted molar refractivity (Wildman–Crippen MR) is 88.4 cm³/mol. The highest BCUT2D eigenvalue weighted by Gasteiger charge is 2.23. The van der Waals surface area contributed by atoms with E-state index in [2.05, 4.69) is 58.0 Å². The standard InChI is InChI=1S/C17H17N3S/c1-2-12-3-5-14(6-4-12)20-17-15(7-9-18-17)16(19-20)13-8-10-21-11-13/h3-6,8,10-11,18H,2,7,9H2,1H3. The number of nitrogens with one attached hydrogen (secondary N) is 1. The van der Waals surface area contributed by atoms with Gasteiger partial charge in [0.2, 0.25) is 0 Å². The molecule has 106 valence electrons. The van der Waals surface area contributed by atoms with Crippen LogP contribution in [0.3, 0.4) is 0 Å². The van der Waals surface area contributed by atoms with Gasteiger partial charge in [0.05, 0.1) is 11.4 Å². The number of aryl methyl sites for hydroxylation is 1. The van der Waals surface area contributed by atoms with Gasteiger partial charge in [-0.2, -0.15) is 16.4 Å². The molecule has 0 amide bonds. The second-order valence-electron chi connectivity index (χ2n) is 5.30. The molecule has 4 rings (SSSR count). The first-order valence-electron chi connectivity index (χ1n) is 7.34. The van der Waals surface area contributed by atoms with E-state index in [9.17, 15) is 0 Å². The molecule has 0 fully saturated rings. The molecule has 1 aliphatic rings. The largest absolute Gasteiger partial charge is 0.369 e. The third kappa shape index (κ3) is 2.07. The van der Waals surface area contributed by atoms with Gasteiger partial charge in [0, 0.05) is 23.1 Å². The number of fused-ring (bicyclic) bond motifs is 1. The van der Waals surface area contributed by atoms with Gasteiger partial charge in [-0.3, -0.25) is 0 Å². The van der Waals surface area contributed by atoms with Crippen molar-refractivity contribution in [1.29, 1.82) is 0 Å². The van der Waals surface area contributed by atoms with E-state index in [1.165, 1.54) is 16.7 Å². The van der Waals surface area contributed by atoms with Crippen LogP contribution in [0, 0.1) is 0 Å². The summed E-state index contributed by atoms with van der Waals surface area (Å²) >= 11 is 1.72. The van der Waals surface area contributed by atoms with Crippen molar-refractivity contribution in [3.8, 4) is 16.9 Å². The zero-order chi connectivity index (χ0) is 14.2. The van der Waals surface area contributed by atoms with Crippen LogP contribution >= 0.6 is 11.3 Å². The minimum atomic E-state index is 0.997. The highest BCUT2D eigenvalue weighted by molar-refractivity contribution is 7.08. The summed E-state index contributed by atoms with van der Waals surface area (Å²) in [5, 5.41) is 12.6. The van der Waals surface area contributed by atoms with Crippen LogP contribution in [0.2, 0.25) is 0 Å². The molecule has 1 aromatic carbocycles. The number of thiophene rings is 1. The van der Waals surface area contributed by atoms with Gasteiger partial charge in [-0.05, 0) is 42.0 Å². The zero-order valence-electron chi connectivity index (χ0n) is 12.0. The highest BCUT2D eigenvalue weighted by Crippen LogP contribution is 2.35. The predicted octanol–water partition coefficient (Wildman–Crippen LogP) is 4.13. The van der Waals surface area contributed by atoms with Gasteiger partial charge >= 0.3 is 0 Å². The van der Waals surface area contributed by atoms with Crippen LogP contribution in [-0.4, -0.2) is 16.3 Å². The second-order valence-corrected chi connectivity index (χ2v) is 6.08. The van der Waals surface area contributed by atoms with Crippen LogP contribution in [0.25, 0.3) is 16.9 Å². The molecule has 0 saturated carbocycles. The maximum absolute atomic E-state index is 4.86. The Morgan fingerprint density at radius 1 is 1.24 bits per heavy atom. The molecule has 3 aromatic rings. The Labute approximate surface area is 128 Å². The molecule has 3 heterocycles. The Morgan fingerprint density at radius 3 is 2.81 bits per heavy atom. The van der Waals surface area contributed by atoms with E-state index in [-0.39, 0.29) is 0 Å². The van der Waals surface area contributed by atoms with Crippen LogP contribution in [0.1, 0.15) is 18.1 Å². The Balaban J connectivity index is 1.84. The molecule has 0 spiro atoms. The minimum absolute atomic E-state index is 0.997. The maximum Gasteiger partial charge on any atom is 0.133 e. The Hall–Kier alpha value is -2.07. The Kier molecular flexibility index (Phi) is 3.04. The van der Waals surface area contributed by atoms with Gasteiger partial charge in [-0.15, -0.1) is 0 Å². The monoisotopic (exact) mass is 295 g/mol. The lowest BCUT2D eigenvalue weighted by atomic mass is 10.1. The topological polar surface area (TPSA) is 29.9 Å². The first-order chi connectivity index (χ1) is 10.4. The fraction of sp³-hybridized carbons (Fsp3) is 0.235. The van der Waals surface area contributed by atoms with Crippen LogP contribution in [0.5, 0.6) is 0 Å². The van der Waals surface area contributed by atoms with Crippen molar-refractivity contribution >= 4 is 17.2 Å². The summed E-state index contributed by atoms with van der Waals surface area (Å²) in [6, 6.07) is 10.8. The summed E-state index contributed by atoms with van der Waals surface area (Å²) in [6.45, 7) is 3.17. The molecule has 1 aliphatic heterocycles. The molecule has 4 heteroatoms. The number of hydrogen-bond donors (Lipinski definition) is 1. The highest BCUT2D eigenvalue weighted by atomic mass is 32.1. The molecule has 2 aromatic heterocycles. The summed E-state index contributed by atoms with van der Waals surface area (Å²) in [7, 11) is 0. The van der Waals surface area contributed by atoms with Crippen LogP contribution in [0.4, 0.5) is 5.82 Å². The third-order valence-electron chi connectivity index (χ3n) is 4.03. The maximum atomic E-state index is 4.86. The lowest BCUT2D eigenvalue weighted by Crippen LogP contribution is -2.04. The summed E-state index contributed by atoms with van der Waals surface area (Å²) in [5.74, 6) is 1.15. The van der Waals surface area contributed by atoms with Crippen LogP contribution < -0.4 is 5.32 Å². The Bertz CT molecular complexity index is 754. The van der Waals surface area contributed by atoms with Gasteiger partial charge < -0.3 is 5.32 Å². The molecule has 0 radical (unpaired) electrons. The summed E-state index contributed by atoms with van der Waals surface area (Å²) in [5.41, 5.74) is 6.17. The molecule has 1 N–H and O–H groups in total. The van der Waals surface area contributed by atoms with E-state index in [0.29, 0.717) is 0 Å². The van der Waals surface area contributed by atoms with Crippen LogP contribution in [-0.2, 0) is 12.8 Å². The molecule has 0 atom stereocenters. The fourth-order valence-corrected chi connectivity index (χ4v) is 3.51. The van der Waals surface area contributed by atoms with E-state index < -0.39 is 0 Å². The third-order valence-corrected chi connectivity index (χ3v) is 4.72. The molecule has 0 aliphatic carbocycles. The molecular formula is C17H17N3S. The number of nitrogens with zero attached hydrogens (tertiary/aromatic N) is 2. The number of anilines is 1. The number of aromatic nitrogens is 2. The van der Waals surface area contributed by atoms with Crippen molar-refractivity contribution < 1.29 is 0 Å². The van der Waals surface area contributed by atoms with Gasteiger partial charge in [-0.1, -0.05) is 19.1 Å². The molecule has 0 unspecified atom stereocenters. The quantitative estimate of drug-likeness (QED) is 0.787. The van der Waals surface area contributed by atoms with Gasteiger partial charge in [0.15, 0.2) is 0 Å². The number of rotatable bonds is 3.